The van der Waals surface area contributed by atoms with Crippen LogP contribution in [-0.2, 0) is 0 Å². The van der Waals surface area contributed by atoms with Crippen LogP contribution in [0.15, 0.2) is 12.1 Å². The van der Waals surface area contributed by atoms with Crippen molar-refractivity contribution in [3.63, 3.8) is 0 Å². The van der Waals surface area contributed by atoms with E-state index in [0.717, 1.165) is 6.07 Å². The molecule has 0 radical (unpaired) electrons. The van der Waals surface area contributed by atoms with E-state index in [1.807, 2.05) is 0 Å². The summed E-state index contributed by atoms with van der Waals surface area (Å²) in [6.07, 6.45) is -0.0449. The average Bonchev–Trinajstić information content (AvgIpc) is 2.22. The Bertz CT molecular complexity index is 380. The largest absolute Gasteiger partial charge is 0.496 e. The van der Waals surface area contributed by atoms with Gasteiger partial charge in [-0.05, 0) is 18.7 Å². The first kappa shape index (κ1) is 11.6. The van der Waals surface area contributed by atoms with Crippen molar-refractivity contribution in [1.29, 1.82) is 0 Å². The molecule has 5 heteroatoms. The summed E-state index contributed by atoms with van der Waals surface area (Å²) >= 11 is 0. The van der Waals surface area contributed by atoms with Gasteiger partial charge in [-0.15, -0.1) is 0 Å². The molecule has 0 atom stereocenters. The van der Waals surface area contributed by atoms with E-state index in [9.17, 15) is 13.6 Å². The van der Waals surface area contributed by atoms with Crippen LogP contribution in [0.4, 0.5) is 8.78 Å². The molecule has 0 aliphatic carbocycles. The van der Waals surface area contributed by atoms with Gasteiger partial charge in [0.25, 0.3) is 0 Å². The number of carbonyl (C=O) groups excluding carboxylic acids is 1. The minimum Gasteiger partial charge on any atom is -0.496 e. The minimum atomic E-state index is -1.19. The summed E-state index contributed by atoms with van der Waals surface area (Å²) in [5, 5.41) is 0. The van der Waals surface area contributed by atoms with Gasteiger partial charge in [-0.1, -0.05) is 0 Å². The van der Waals surface area contributed by atoms with Crippen LogP contribution in [-0.4, -0.2) is 19.4 Å². The van der Waals surface area contributed by atoms with E-state index in [1.54, 1.807) is 0 Å². The van der Waals surface area contributed by atoms with E-state index in [-0.39, 0.29) is 24.3 Å². The Morgan fingerprint density at radius 1 is 1.47 bits per heavy atom. The van der Waals surface area contributed by atoms with Crippen molar-refractivity contribution >= 4 is 5.78 Å². The maximum Gasteiger partial charge on any atom is 0.173 e. The molecule has 2 N–H and O–H groups in total. The molecule has 3 nitrogen and oxygen atoms in total. The smallest absolute Gasteiger partial charge is 0.173 e. The van der Waals surface area contributed by atoms with E-state index < -0.39 is 17.4 Å². The molecule has 0 heterocycles. The summed E-state index contributed by atoms with van der Waals surface area (Å²) in [5.74, 6) is -2.80. The molecule has 0 aromatic heterocycles. The molecular formula is C10H11F2NO2. The van der Waals surface area contributed by atoms with Gasteiger partial charge in [0.2, 0.25) is 0 Å². The van der Waals surface area contributed by atoms with Crippen LogP contribution < -0.4 is 10.5 Å². The maximum atomic E-state index is 13.3. The first-order valence-corrected chi connectivity index (χ1v) is 4.37. The van der Waals surface area contributed by atoms with Gasteiger partial charge in [0.05, 0.1) is 12.7 Å². The van der Waals surface area contributed by atoms with Crippen LogP contribution in [0.2, 0.25) is 0 Å². The zero-order valence-corrected chi connectivity index (χ0v) is 8.22. The van der Waals surface area contributed by atoms with Gasteiger partial charge in [-0.3, -0.25) is 4.79 Å². The Hall–Kier alpha value is -1.49. The molecule has 0 saturated heterocycles. The quantitative estimate of drug-likeness (QED) is 0.774. The highest BCUT2D eigenvalue weighted by molar-refractivity contribution is 5.99. The fourth-order valence-electron chi connectivity index (χ4n) is 1.22. The lowest BCUT2D eigenvalue weighted by Crippen LogP contribution is -2.12. The van der Waals surface area contributed by atoms with E-state index in [2.05, 4.69) is 0 Å². The molecule has 0 bridgehead atoms. The second-order valence-corrected chi connectivity index (χ2v) is 2.90. The number of methoxy groups -OCH3 is 1. The molecule has 0 aliphatic rings. The molecule has 0 fully saturated rings. The number of halogens is 2. The van der Waals surface area contributed by atoms with Crippen LogP contribution in [0.3, 0.4) is 0 Å². The van der Waals surface area contributed by atoms with Crippen molar-refractivity contribution in [3.05, 3.63) is 29.3 Å². The van der Waals surface area contributed by atoms with Gasteiger partial charge in [0.15, 0.2) is 17.4 Å². The van der Waals surface area contributed by atoms with Crippen LogP contribution in [0.25, 0.3) is 0 Å². The highest BCUT2D eigenvalue weighted by atomic mass is 19.2. The third-order valence-corrected chi connectivity index (χ3v) is 1.93. The predicted octanol–water partition coefficient (Wildman–Crippen LogP) is 1.50. The van der Waals surface area contributed by atoms with E-state index >= 15 is 0 Å². The Kier molecular flexibility index (Phi) is 3.74. The molecule has 0 spiro atoms. The first-order valence-electron chi connectivity index (χ1n) is 4.37. The lowest BCUT2D eigenvalue weighted by atomic mass is 10.1. The monoisotopic (exact) mass is 215 g/mol. The number of Topliss-reactive ketones (excluding diaryl/α,β-unsaturated/α-hetero) is 1. The number of carbonyl (C=O) groups is 1. The van der Waals surface area contributed by atoms with Crippen molar-refractivity contribution in [2.75, 3.05) is 13.7 Å². The van der Waals surface area contributed by atoms with Crippen molar-refractivity contribution in [3.8, 4) is 5.75 Å². The fraction of sp³-hybridized carbons (Fsp3) is 0.300. The Balaban J connectivity index is 3.23. The normalized spacial score (nSPS) is 10.1. The van der Waals surface area contributed by atoms with E-state index in [4.69, 9.17) is 10.5 Å². The van der Waals surface area contributed by atoms with Crippen LogP contribution in [0, 0.1) is 11.6 Å². The predicted molar refractivity (Wildman–Crippen MR) is 50.9 cm³/mol. The van der Waals surface area contributed by atoms with Gasteiger partial charge in [0.1, 0.15) is 5.75 Å². The molecule has 1 aromatic rings. The summed E-state index contributed by atoms with van der Waals surface area (Å²) in [6.45, 7) is 0.0813. The molecule has 1 rings (SSSR count). The Morgan fingerprint density at radius 2 is 2.13 bits per heavy atom. The van der Waals surface area contributed by atoms with Crippen molar-refractivity contribution in [2.24, 2.45) is 5.73 Å². The van der Waals surface area contributed by atoms with Gasteiger partial charge < -0.3 is 10.5 Å². The number of benzene rings is 1. The first-order chi connectivity index (χ1) is 7.11. The molecular weight excluding hydrogens is 204 g/mol. The summed E-state index contributed by atoms with van der Waals surface area (Å²) in [5.41, 5.74) is 4.80. The molecule has 15 heavy (non-hydrogen) atoms. The Morgan fingerprint density at radius 3 is 2.67 bits per heavy atom. The van der Waals surface area contributed by atoms with Crippen molar-refractivity contribution < 1.29 is 18.3 Å². The number of rotatable bonds is 4. The third kappa shape index (κ3) is 2.30. The van der Waals surface area contributed by atoms with Crippen molar-refractivity contribution in [1.82, 2.24) is 0 Å². The molecule has 0 saturated carbocycles. The van der Waals surface area contributed by atoms with Gasteiger partial charge in [-0.25, -0.2) is 8.78 Å². The maximum absolute atomic E-state index is 13.3. The average molecular weight is 215 g/mol. The highest BCUT2D eigenvalue weighted by Gasteiger charge is 2.20. The second kappa shape index (κ2) is 4.84. The highest BCUT2D eigenvalue weighted by Crippen LogP contribution is 2.24. The lowest BCUT2D eigenvalue weighted by molar-refractivity contribution is 0.0977. The summed E-state index contributed by atoms with van der Waals surface area (Å²) in [7, 11) is 1.28. The number of ether oxygens (including phenoxy) is 1. The van der Waals surface area contributed by atoms with Gasteiger partial charge >= 0.3 is 0 Å². The van der Waals surface area contributed by atoms with Crippen LogP contribution in [0.1, 0.15) is 16.8 Å². The summed E-state index contributed by atoms with van der Waals surface area (Å²) < 4.78 is 31.0. The molecule has 82 valence electrons. The zero-order valence-electron chi connectivity index (χ0n) is 8.22. The second-order valence-electron chi connectivity index (χ2n) is 2.90. The summed E-state index contributed by atoms with van der Waals surface area (Å²) in [6, 6.07) is 2.12. The molecule has 0 aliphatic heterocycles. The van der Waals surface area contributed by atoms with Crippen LogP contribution >= 0.6 is 0 Å². The minimum absolute atomic E-state index is 0.0207. The molecule has 1 aromatic carbocycles. The van der Waals surface area contributed by atoms with Crippen molar-refractivity contribution in [2.45, 2.75) is 6.42 Å². The van der Waals surface area contributed by atoms with E-state index in [0.29, 0.717) is 0 Å². The van der Waals surface area contributed by atoms with Gasteiger partial charge in [0, 0.05) is 6.42 Å². The third-order valence-electron chi connectivity index (χ3n) is 1.93. The number of hydrogen-bond donors (Lipinski definition) is 1. The zero-order chi connectivity index (χ0) is 11.4. The number of ketones is 1. The number of hydrogen-bond acceptors (Lipinski definition) is 3. The standard InChI is InChI=1S/C10H11F2NO2/c1-15-8-3-2-6(11)10(12)9(8)7(14)4-5-13/h2-3H,4-5,13H2,1H3. The van der Waals surface area contributed by atoms with Crippen LogP contribution in [0.5, 0.6) is 5.75 Å². The van der Waals surface area contributed by atoms with E-state index in [1.165, 1.54) is 13.2 Å². The Labute approximate surface area is 85.8 Å². The lowest BCUT2D eigenvalue weighted by Gasteiger charge is -2.08. The molecule has 0 amide bonds. The SMILES string of the molecule is COc1ccc(F)c(F)c1C(=O)CCN. The fourth-order valence-corrected chi connectivity index (χ4v) is 1.22. The molecule has 0 unspecified atom stereocenters. The topological polar surface area (TPSA) is 52.3 Å². The number of nitrogens with two attached hydrogens (primary N) is 1. The van der Waals surface area contributed by atoms with Gasteiger partial charge in [-0.2, -0.15) is 0 Å². The summed E-state index contributed by atoms with van der Waals surface area (Å²) in [4.78, 5) is 11.4.